The molecule has 0 unspecified atom stereocenters. The maximum absolute atomic E-state index is 9.27. The van der Waals surface area contributed by atoms with E-state index in [1.165, 1.54) is 6.07 Å². The molecule has 0 aliphatic heterocycles. The van der Waals surface area contributed by atoms with Crippen LogP contribution >= 0.6 is 0 Å². The average molecular weight is 354 g/mol. The van der Waals surface area contributed by atoms with E-state index >= 15 is 0 Å². The smallest absolute Gasteiger partial charge is 0.145 e. The summed E-state index contributed by atoms with van der Waals surface area (Å²) in [6.07, 6.45) is 1.11. The number of furan rings is 1. The first-order valence-electron chi connectivity index (χ1n) is 11.4. The Bertz CT molecular complexity index is 1610. The average Bonchev–Trinajstić information content (AvgIpc) is 3.15. The fourth-order valence-electron chi connectivity index (χ4n) is 3.49. The monoisotopic (exact) mass is 354 g/mol. The molecular weight excluding hydrogens is 332 g/mol. The Balaban J connectivity index is 1.89. The molecule has 3 nitrogen and oxygen atoms in total. The van der Waals surface area contributed by atoms with Gasteiger partial charge in [0, 0.05) is 30.8 Å². The van der Waals surface area contributed by atoms with Crippen molar-refractivity contribution < 1.29 is 12.6 Å². The Morgan fingerprint density at radius 3 is 2.74 bits per heavy atom. The van der Waals surface area contributed by atoms with E-state index in [-0.39, 0.29) is 11.1 Å². The van der Waals surface area contributed by atoms with Gasteiger partial charge in [0.2, 0.25) is 0 Å². The predicted molar refractivity (Wildman–Crippen MR) is 109 cm³/mol. The number of hydrogen-bond acceptors (Lipinski definition) is 3. The van der Waals surface area contributed by atoms with Crippen LogP contribution in [0.5, 0.6) is 0 Å². The van der Waals surface area contributed by atoms with Crippen LogP contribution in [0.4, 0.5) is 0 Å². The van der Waals surface area contributed by atoms with Crippen LogP contribution in [0.1, 0.15) is 24.9 Å². The topological polar surface area (TPSA) is 49.8 Å². The summed E-state index contributed by atoms with van der Waals surface area (Å²) >= 11 is 0. The van der Waals surface area contributed by atoms with Crippen LogP contribution in [-0.4, -0.2) is 4.98 Å². The summed E-state index contributed by atoms with van der Waals surface area (Å²) < 4.78 is 53.0. The number of aromatic nitrogens is 1. The summed E-state index contributed by atoms with van der Waals surface area (Å²) in [6, 6.07) is 18.2. The minimum Gasteiger partial charge on any atom is -0.455 e. The molecule has 2 heterocycles. The molecule has 27 heavy (non-hydrogen) atoms. The third-order valence-electron chi connectivity index (χ3n) is 4.77. The second-order valence-corrected chi connectivity index (χ2v) is 6.39. The van der Waals surface area contributed by atoms with Crippen molar-refractivity contribution in [3.63, 3.8) is 0 Å². The van der Waals surface area contributed by atoms with Gasteiger partial charge in [0.25, 0.3) is 0 Å². The lowest BCUT2D eigenvalue weighted by atomic mass is 9.97. The maximum atomic E-state index is 9.27. The van der Waals surface area contributed by atoms with Gasteiger partial charge in [-0.25, -0.2) is 0 Å². The first kappa shape index (κ1) is 10.5. The Kier molecular flexibility index (Phi) is 2.21. The molecule has 3 aromatic carbocycles. The second-order valence-electron chi connectivity index (χ2n) is 6.39. The molecule has 0 fully saturated rings. The summed E-state index contributed by atoms with van der Waals surface area (Å²) in [6.45, 7) is -5.24. The number of hydrogen-bond donors (Lipinski definition) is 0. The highest BCUT2D eigenvalue weighted by Gasteiger charge is 2.17. The molecule has 0 amide bonds. The van der Waals surface area contributed by atoms with Crippen molar-refractivity contribution in [1.82, 2.24) is 4.98 Å². The maximum Gasteiger partial charge on any atom is 0.145 e. The van der Waals surface area contributed by atoms with E-state index in [0.29, 0.717) is 28.0 Å². The highest BCUT2D eigenvalue weighted by Crippen LogP contribution is 2.40. The molecule has 0 saturated heterocycles. The zero-order chi connectivity index (χ0) is 23.5. The molecule has 0 saturated carbocycles. The zero-order valence-corrected chi connectivity index (χ0v) is 14.1. The van der Waals surface area contributed by atoms with E-state index in [2.05, 4.69) is 11.1 Å². The molecule has 3 heteroatoms. The SMILES string of the molecule is [2H]C([2H])([2H])c1cnc(-c2cc3ccccc3c3c2oc2cc(C#N)ccc23)cc1C([2H])([2H])[2H]. The minimum absolute atomic E-state index is 0.267. The number of nitriles is 1. The molecule has 2 aromatic heterocycles. The van der Waals surface area contributed by atoms with Crippen molar-refractivity contribution in [2.45, 2.75) is 13.7 Å². The number of pyridine rings is 1. The molecule has 5 aromatic rings. The quantitative estimate of drug-likeness (QED) is 0.355. The largest absolute Gasteiger partial charge is 0.455 e. The molecule has 128 valence electrons. The van der Waals surface area contributed by atoms with Crippen LogP contribution in [0, 0.1) is 25.0 Å². The molecule has 0 atom stereocenters. The second kappa shape index (κ2) is 5.69. The highest BCUT2D eigenvalue weighted by molar-refractivity contribution is 6.22. The molecule has 0 bridgehead atoms. The van der Waals surface area contributed by atoms with Crippen molar-refractivity contribution in [2.75, 3.05) is 0 Å². The summed E-state index contributed by atoms with van der Waals surface area (Å²) in [5.74, 6) is 0. The van der Waals surface area contributed by atoms with Crippen LogP contribution in [-0.2, 0) is 0 Å². The Labute approximate surface area is 164 Å². The number of aryl methyl sites for hydroxylation is 2. The van der Waals surface area contributed by atoms with Crippen LogP contribution < -0.4 is 0 Å². The lowest BCUT2D eigenvalue weighted by Crippen LogP contribution is -1.89. The fourth-order valence-corrected chi connectivity index (χ4v) is 3.49. The third-order valence-corrected chi connectivity index (χ3v) is 4.77. The number of nitrogens with zero attached hydrogens (tertiary/aromatic N) is 2. The Morgan fingerprint density at radius 2 is 1.89 bits per heavy atom. The van der Waals surface area contributed by atoms with Crippen LogP contribution in [0.25, 0.3) is 44.0 Å². The zero-order valence-electron chi connectivity index (χ0n) is 20.1. The molecule has 0 aliphatic carbocycles. The van der Waals surface area contributed by atoms with E-state index in [1.807, 2.05) is 36.4 Å². The van der Waals surface area contributed by atoms with Gasteiger partial charge in [-0.05, 0) is 65.9 Å². The van der Waals surface area contributed by atoms with Crippen LogP contribution in [0.2, 0.25) is 0 Å². The lowest BCUT2D eigenvalue weighted by molar-refractivity contribution is 0.670. The molecule has 0 aliphatic rings. The van der Waals surface area contributed by atoms with Gasteiger partial charge in [0.15, 0.2) is 0 Å². The fraction of sp³-hybridized carbons (Fsp3) is 0.0833. The first-order valence-corrected chi connectivity index (χ1v) is 8.37. The third kappa shape index (κ3) is 2.31. The Morgan fingerprint density at radius 1 is 1.00 bits per heavy atom. The van der Waals surface area contributed by atoms with Gasteiger partial charge >= 0.3 is 0 Å². The normalized spacial score (nSPS) is 15.5. The van der Waals surface area contributed by atoms with Gasteiger partial charge < -0.3 is 4.42 Å². The van der Waals surface area contributed by atoms with E-state index in [4.69, 9.17) is 12.6 Å². The summed E-state index contributed by atoms with van der Waals surface area (Å²) in [4.78, 5) is 4.33. The summed E-state index contributed by atoms with van der Waals surface area (Å²) in [5.41, 5.74) is 1.74. The first-order chi connectivity index (χ1) is 15.6. The summed E-state index contributed by atoms with van der Waals surface area (Å²) in [7, 11) is 0. The molecule has 0 radical (unpaired) electrons. The van der Waals surface area contributed by atoms with Gasteiger partial charge in [-0.15, -0.1) is 0 Å². The van der Waals surface area contributed by atoms with Gasteiger partial charge in [0.1, 0.15) is 11.2 Å². The number of rotatable bonds is 1. The van der Waals surface area contributed by atoms with Crippen molar-refractivity contribution in [3.8, 4) is 17.3 Å². The van der Waals surface area contributed by atoms with E-state index in [0.717, 1.165) is 27.7 Å². The van der Waals surface area contributed by atoms with Crippen LogP contribution in [0.3, 0.4) is 0 Å². The number of fused-ring (bicyclic) bond motifs is 5. The van der Waals surface area contributed by atoms with E-state index in [9.17, 15) is 5.26 Å². The highest BCUT2D eigenvalue weighted by atomic mass is 16.3. The van der Waals surface area contributed by atoms with Crippen molar-refractivity contribution in [3.05, 3.63) is 77.5 Å². The predicted octanol–water partition coefficient (Wildman–Crippen LogP) is 6.29. The van der Waals surface area contributed by atoms with Gasteiger partial charge in [-0.2, -0.15) is 5.26 Å². The van der Waals surface area contributed by atoms with Crippen LogP contribution in [0.15, 0.2) is 65.2 Å². The van der Waals surface area contributed by atoms with Gasteiger partial charge in [-0.1, -0.05) is 24.3 Å². The lowest BCUT2D eigenvalue weighted by Gasteiger charge is -2.08. The van der Waals surface area contributed by atoms with Gasteiger partial charge in [0.05, 0.1) is 17.3 Å². The summed E-state index contributed by atoms with van der Waals surface area (Å²) in [5, 5.41) is 12.7. The minimum atomic E-state index is -2.63. The van der Waals surface area contributed by atoms with Crippen molar-refractivity contribution in [1.29, 1.82) is 5.26 Å². The molecule has 5 rings (SSSR count). The van der Waals surface area contributed by atoms with Crippen molar-refractivity contribution >= 4 is 32.7 Å². The standard InChI is InChI=1S/C24H16N2O/c1-14-9-21(26-13-15(14)2)20-11-17-5-3-4-6-18(17)23-19-8-7-16(12-25)10-22(19)27-24(20)23/h3-11,13H,1-2H3/i1D3,2D3. The van der Waals surface area contributed by atoms with Crippen molar-refractivity contribution in [2.24, 2.45) is 0 Å². The van der Waals surface area contributed by atoms with Gasteiger partial charge in [-0.3, -0.25) is 4.98 Å². The van der Waals surface area contributed by atoms with E-state index in [1.54, 1.807) is 12.1 Å². The molecule has 0 spiro atoms. The Hall–Kier alpha value is -3.64. The molecular formula is C24H16N2O. The van der Waals surface area contributed by atoms with E-state index < -0.39 is 13.7 Å². The number of benzene rings is 3. The molecule has 0 N–H and O–H groups in total.